The number of aryl methyl sites for hydroxylation is 2. The lowest BCUT2D eigenvalue weighted by molar-refractivity contribution is -0.121. The van der Waals surface area contributed by atoms with Crippen molar-refractivity contribution in [3.63, 3.8) is 0 Å². The summed E-state index contributed by atoms with van der Waals surface area (Å²) in [5.74, 6) is 1.68. The van der Waals surface area contributed by atoms with Gasteiger partial charge < -0.3 is 9.30 Å². The molecule has 0 fully saturated rings. The van der Waals surface area contributed by atoms with Gasteiger partial charge in [0, 0.05) is 25.8 Å². The first-order chi connectivity index (χ1) is 16.8. The Morgan fingerprint density at radius 2 is 1.83 bits per heavy atom. The molecule has 0 saturated carbocycles. The third kappa shape index (κ3) is 7.75. The topological polar surface area (TPSA) is 74.1 Å². The fourth-order valence-corrected chi connectivity index (χ4v) is 4.48. The van der Waals surface area contributed by atoms with Gasteiger partial charge in [0.05, 0.1) is 5.75 Å². The maximum atomic E-state index is 13.5. The van der Waals surface area contributed by atoms with Crippen LogP contribution in [0.4, 0.5) is 4.39 Å². The van der Waals surface area contributed by atoms with E-state index in [1.807, 2.05) is 42.7 Å². The van der Waals surface area contributed by atoms with E-state index in [1.54, 1.807) is 6.07 Å². The Bertz CT molecular complexity index is 1160. The molecule has 0 spiro atoms. The average Bonchev–Trinajstić information content (AvgIpc) is 3.24. The quantitative estimate of drug-likeness (QED) is 0.296. The summed E-state index contributed by atoms with van der Waals surface area (Å²) < 4.78 is 21.0. The number of carbonyl (C=O) groups is 2. The lowest BCUT2D eigenvalue weighted by Gasteiger charge is -2.09. The van der Waals surface area contributed by atoms with Gasteiger partial charge >= 0.3 is 0 Å². The van der Waals surface area contributed by atoms with Crippen LogP contribution < -0.4 is 4.74 Å². The number of ketones is 2. The molecule has 0 saturated heterocycles. The van der Waals surface area contributed by atoms with Crippen LogP contribution in [-0.2, 0) is 29.0 Å². The average molecular weight is 498 g/mol. The summed E-state index contributed by atoms with van der Waals surface area (Å²) in [6.07, 6.45) is 0.926. The Hall–Kier alpha value is -3.00. The summed E-state index contributed by atoms with van der Waals surface area (Å²) in [4.78, 5) is 24.8. The number of Topliss-reactive ketones (excluding diaryl/α,β-unsaturated/α-hetero) is 2. The fraction of sp³-hybridized carbons (Fsp3) is 0.407. The first kappa shape index (κ1) is 26.6. The maximum Gasteiger partial charge on any atom is 0.191 e. The van der Waals surface area contributed by atoms with E-state index in [0.717, 1.165) is 5.56 Å². The van der Waals surface area contributed by atoms with E-state index in [2.05, 4.69) is 24.0 Å². The highest BCUT2D eigenvalue weighted by molar-refractivity contribution is 7.99. The SMILES string of the molecule is CCn1c(CCC(=O)COc2ccc(C(C)C)cc2)nnc1SCC(=O)Cc1cc(F)ccc1C. The first-order valence-electron chi connectivity index (χ1n) is 11.8. The molecule has 0 aliphatic carbocycles. The van der Waals surface area contributed by atoms with Crippen LogP contribution in [0.5, 0.6) is 5.75 Å². The second kappa shape index (κ2) is 12.6. The predicted octanol–water partition coefficient (Wildman–Crippen LogP) is 5.35. The molecule has 3 rings (SSSR count). The monoisotopic (exact) mass is 497 g/mol. The highest BCUT2D eigenvalue weighted by Crippen LogP contribution is 2.21. The van der Waals surface area contributed by atoms with Crippen LogP contribution in [0.2, 0.25) is 0 Å². The van der Waals surface area contributed by atoms with Crippen LogP contribution in [0.1, 0.15) is 55.6 Å². The van der Waals surface area contributed by atoms with Gasteiger partial charge in [-0.1, -0.05) is 43.8 Å². The van der Waals surface area contributed by atoms with Gasteiger partial charge in [-0.3, -0.25) is 9.59 Å². The standard InChI is InChI=1S/C27H32FN3O3S/c1-5-31-26(13-10-23(32)16-34-25-11-7-20(8-12-25)18(2)3)29-30-27(31)35-17-24(33)15-21-14-22(28)9-6-19(21)4/h6-9,11-12,14,18H,5,10,13,15-17H2,1-4H3. The van der Waals surface area contributed by atoms with Gasteiger partial charge in [-0.25, -0.2) is 4.39 Å². The van der Waals surface area contributed by atoms with Gasteiger partial charge in [-0.15, -0.1) is 10.2 Å². The van der Waals surface area contributed by atoms with E-state index in [4.69, 9.17) is 4.74 Å². The number of thioether (sulfide) groups is 1. The number of aromatic nitrogens is 3. The van der Waals surface area contributed by atoms with Crippen molar-refractivity contribution >= 4 is 23.3 Å². The molecule has 0 aliphatic rings. The van der Waals surface area contributed by atoms with Crippen molar-refractivity contribution in [2.45, 2.75) is 64.6 Å². The van der Waals surface area contributed by atoms with E-state index in [1.165, 1.54) is 29.5 Å². The third-order valence-electron chi connectivity index (χ3n) is 5.74. The van der Waals surface area contributed by atoms with Crippen LogP contribution in [0.25, 0.3) is 0 Å². The van der Waals surface area contributed by atoms with Crippen LogP contribution >= 0.6 is 11.8 Å². The summed E-state index contributed by atoms with van der Waals surface area (Å²) in [5.41, 5.74) is 2.82. The van der Waals surface area contributed by atoms with Crippen LogP contribution in [-0.4, -0.2) is 38.7 Å². The van der Waals surface area contributed by atoms with Crippen LogP contribution in [0, 0.1) is 12.7 Å². The first-order valence-corrected chi connectivity index (χ1v) is 12.8. The van der Waals surface area contributed by atoms with Crippen molar-refractivity contribution in [3.8, 4) is 5.75 Å². The molecular weight excluding hydrogens is 465 g/mol. The fourth-order valence-electron chi connectivity index (χ4n) is 3.60. The molecule has 2 aromatic carbocycles. The van der Waals surface area contributed by atoms with E-state index >= 15 is 0 Å². The number of hydrogen-bond acceptors (Lipinski definition) is 6. The molecule has 0 amide bonds. The molecule has 3 aromatic rings. The summed E-state index contributed by atoms with van der Waals surface area (Å²) >= 11 is 1.31. The van der Waals surface area contributed by atoms with Gasteiger partial charge in [0.2, 0.25) is 0 Å². The van der Waals surface area contributed by atoms with Crippen molar-refractivity contribution in [3.05, 3.63) is 70.8 Å². The second-order valence-corrected chi connectivity index (χ2v) is 9.71. The van der Waals surface area contributed by atoms with E-state index < -0.39 is 0 Å². The molecular formula is C27H32FN3O3S. The van der Waals surface area contributed by atoms with Gasteiger partial charge in [-0.2, -0.15) is 0 Å². The Balaban J connectivity index is 1.48. The lowest BCUT2D eigenvalue weighted by Crippen LogP contribution is -2.14. The minimum atomic E-state index is -0.342. The molecule has 0 atom stereocenters. The Morgan fingerprint density at radius 1 is 1.09 bits per heavy atom. The number of carbonyl (C=O) groups excluding carboxylic acids is 2. The number of rotatable bonds is 13. The summed E-state index contributed by atoms with van der Waals surface area (Å²) in [6.45, 7) is 8.74. The maximum absolute atomic E-state index is 13.5. The van der Waals surface area contributed by atoms with E-state index in [0.29, 0.717) is 47.6 Å². The number of ether oxygens (including phenoxy) is 1. The predicted molar refractivity (Wildman–Crippen MR) is 136 cm³/mol. The number of benzene rings is 2. The zero-order valence-electron chi connectivity index (χ0n) is 20.7. The molecule has 186 valence electrons. The number of halogens is 1. The van der Waals surface area contributed by atoms with Crippen molar-refractivity contribution in [1.82, 2.24) is 14.8 Å². The Morgan fingerprint density at radius 3 is 2.51 bits per heavy atom. The molecule has 8 heteroatoms. The Labute approximate surface area is 210 Å². The zero-order valence-corrected chi connectivity index (χ0v) is 21.5. The van der Waals surface area contributed by atoms with Crippen molar-refractivity contribution in [2.24, 2.45) is 0 Å². The van der Waals surface area contributed by atoms with Crippen molar-refractivity contribution < 1.29 is 18.7 Å². The molecule has 0 radical (unpaired) electrons. The smallest absolute Gasteiger partial charge is 0.191 e. The number of hydrogen-bond donors (Lipinski definition) is 0. The summed E-state index contributed by atoms with van der Waals surface area (Å²) in [7, 11) is 0. The molecule has 6 nitrogen and oxygen atoms in total. The van der Waals surface area contributed by atoms with Gasteiger partial charge in [0.1, 0.15) is 29.8 Å². The summed E-state index contributed by atoms with van der Waals surface area (Å²) in [5, 5.41) is 9.08. The minimum Gasteiger partial charge on any atom is -0.486 e. The number of nitrogens with zero attached hydrogens (tertiary/aromatic N) is 3. The van der Waals surface area contributed by atoms with E-state index in [9.17, 15) is 14.0 Å². The molecule has 0 aliphatic heterocycles. The van der Waals surface area contributed by atoms with E-state index in [-0.39, 0.29) is 36.2 Å². The molecule has 0 bridgehead atoms. The van der Waals surface area contributed by atoms with Crippen LogP contribution in [0.15, 0.2) is 47.6 Å². The molecule has 1 aromatic heterocycles. The van der Waals surface area contributed by atoms with Gasteiger partial charge in [0.25, 0.3) is 0 Å². The Kier molecular flexibility index (Phi) is 9.60. The van der Waals surface area contributed by atoms with Gasteiger partial charge in [-0.05, 0) is 60.7 Å². The molecule has 0 unspecified atom stereocenters. The molecule has 35 heavy (non-hydrogen) atoms. The zero-order chi connectivity index (χ0) is 25.4. The second-order valence-electron chi connectivity index (χ2n) is 8.77. The minimum absolute atomic E-state index is 0.00958. The van der Waals surface area contributed by atoms with Crippen molar-refractivity contribution in [1.29, 1.82) is 0 Å². The lowest BCUT2D eigenvalue weighted by atomic mass is 10.0. The van der Waals surface area contributed by atoms with Crippen molar-refractivity contribution in [2.75, 3.05) is 12.4 Å². The highest BCUT2D eigenvalue weighted by Gasteiger charge is 2.15. The normalized spacial score (nSPS) is 11.1. The van der Waals surface area contributed by atoms with Crippen LogP contribution in [0.3, 0.4) is 0 Å². The molecule has 0 N–H and O–H groups in total. The van der Waals surface area contributed by atoms with Gasteiger partial charge in [0.15, 0.2) is 10.9 Å². The molecule has 1 heterocycles. The highest BCUT2D eigenvalue weighted by atomic mass is 32.2. The largest absolute Gasteiger partial charge is 0.486 e. The third-order valence-corrected chi connectivity index (χ3v) is 6.77. The summed E-state index contributed by atoms with van der Waals surface area (Å²) in [6, 6.07) is 12.3.